The lowest BCUT2D eigenvalue weighted by molar-refractivity contribution is 0.661. The number of rotatable bonds is 4. The largest absolute Gasteiger partial charge is 0.391 e. The highest BCUT2D eigenvalue weighted by Crippen LogP contribution is 1.98. The van der Waals surface area contributed by atoms with E-state index in [1.165, 1.54) is 6.42 Å². The molecule has 0 saturated heterocycles. The quantitative estimate of drug-likeness (QED) is 0.610. The van der Waals surface area contributed by atoms with E-state index in [4.69, 9.17) is 0 Å². The van der Waals surface area contributed by atoms with Gasteiger partial charge in [-0.1, -0.05) is 19.9 Å². The van der Waals surface area contributed by atoms with Crippen LogP contribution in [0.2, 0.25) is 0 Å². The van der Waals surface area contributed by atoms with Gasteiger partial charge in [-0.25, -0.2) is 0 Å². The Morgan fingerprint density at radius 3 is 2.56 bits per heavy atom. The normalized spacial score (nSPS) is 11.1. The fraction of sp³-hybridized carbons (Fsp3) is 0.750. The predicted octanol–water partition coefficient (Wildman–Crippen LogP) is 2.16. The van der Waals surface area contributed by atoms with Crippen molar-refractivity contribution in [3.05, 3.63) is 12.3 Å². The molecular weight excluding hydrogens is 110 g/mol. The van der Waals surface area contributed by atoms with Crippen LogP contribution in [0.15, 0.2) is 12.3 Å². The van der Waals surface area contributed by atoms with Crippen molar-refractivity contribution in [2.75, 3.05) is 6.54 Å². The average Bonchev–Trinajstić information content (AvgIpc) is 1.80. The van der Waals surface area contributed by atoms with Gasteiger partial charge in [-0.15, -0.1) is 0 Å². The van der Waals surface area contributed by atoms with Gasteiger partial charge in [0.2, 0.25) is 0 Å². The van der Waals surface area contributed by atoms with Crippen LogP contribution in [0.1, 0.15) is 27.2 Å². The van der Waals surface area contributed by atoms with Gasteiger partial charge in [-0.3, -0.25) is 0 Å². The molecule has 54 valence electrons. The average molecular weight is 127 g/mol. The van der Waals surface area contributed by atoms with Crippen molar-refractivity contribution >= 4 is 0 Å². The van der Waals surface area contributed by atoms with Crippen LogP contribution in [0.25, 0.3) is 0 Å². The van der Waals surface area contributed by atoms with Crippen molar-refractivity contribution in [1.29, 1.82) is 0 Å². The third-order valence-electron chi connectivity index (χ3n) is 1.05. The summed E-state index contributed by atoms with van der Waals surface area (Å²) in [5, 5.41) is 3.12. The molecule has 1 nitrogen and oxygen atoms in total. The van der Waals surface area contributed by atoms with Gasteiger partial charge in [0.1, 0.15) is 0 Å². The van der Waals surface area contributed by atoms with Crippen LogP contribution in [0.5, 0.6) is 0 Å². The van der Waals surface area contributed by atoms with Gasteiger partial charge in [-0.2, -0.15) is 0 Å². The Morgan fingerprint density at radius 2 is 2.11 bits per heavy atom. The molecule has 0 aliphatic carbocycles. The minimum Gasteiger partial charge on any atom is -0.391 e. The second kappa shape index (κ2) is 5.67. The van der Waals surface area contributed by atoms with Crippen LogP contribution in [0.3, 0.4) is 0 Å². The third kappa shape index (κ3) is 7.54. The summed E-state index contributed by atoms with van der Waals surface area (Å²) >= 11 is 0. The maximum Gasteiger partial charge on any atom is 0.0112 e. The summed E-state index contributed by atoms with van der Waals surface area (Å²) in [6.07, 6.45) is 5.38. The highest BCUT2D eigenvalue weighted by Gasteiger charge is 1.85. The van der Waals surface area contributed by atoms with Crippen molar-refractivity contribution < 1.29 is 0 Å². The molecule has 9 heavy (non-hydrogen) atoms. The lowest BCUT2D eigenvalue weighted by Crippen LogP contribution is -2.01. The van der Waals surface area contributed by atoms with Crippen molar-refractivity contribution in [3.63, 3.8) is 0 Å². The first-order chi connectivity index (χ1) is 4.27. The zero-order chi connectivity index (χ0) is 7.11. The highest BCUT2D eigenvalue weighted by molar-refractivity contribution is 4.79. The summed E-state index contributed by atoms with van der Waals surface area (Å²) < 4.78 is 0. The topological polar surface area (TPSA) is 12.0 Å². The Kier molecular flexibility index (Phi) is 5.38. The van der Waals surface area contributed by atoms with E-state index in [9.17, 15) is 0 Å². The summed E-state index contributed by atoms with van der Waals surface area (Å²) in [5.41, 5.74) is 0. The van der Waals surface area contributed by atoms with E-state index in [2.05, 4.69) is 32.2 Å². The number of hydrogen-bond donors (Lipinski definition) is 1. The molecule has 0 unspecified atom stereocenters. The molecule has 0 radical (unpaired) electrons. The molecule has 0 aliphatic heterocycles. The molecule has 0 aliphatic rings. The summed E-state index contributed by atoms with van der Waals surface area (Å²) in [4.78, 5) is 0. The molecule has 0 amide bonds. The van der Waals surface area contributed by atoms with Gasteiger partial charge in [0.25, 0.3) is 0 Å². The van der Waals surface area contributed by atoms with E-state index in [0.29, 0.717) is 0 Å². The van der Waals surface area contributed by atoms with Crippen LogP contribution >= 0.6 is 0 Å². The third-order valence-corrected chi connectivity index (χ3v) is 1.05. The molecule has 1 heteroatoms. The molecule has 0 aromatic rings. The SMILES string of the molecule is CCN/C=C\CC(C)C. The highest BCUT2D eigenvalue weighted by atomic mass is 14.8. The molecule has 0 atom stereocenters. The Balaban J connectivity index is 3.04. The lowest BCUT2D eigenvalue weighted by Gasteiger charge is -1.96. The van der Waals surface area contributed by atoms with Crippen molar-refractivity contribution in [3.8, 4) is 0 Å². The van der Waals surface area contributed by atoms with Gasteiger partial charge in [-0.05, 0) is 25.5 Å². The van der Waals surface area contributed by atoms with E-state index >= 15 is 0 Å². The number of nitrogens with one attached hydrogen (secondary N) is 1. The second-order valence-corrected chi connectivity index (χ2v) is 2.59. The zero-order valence-electron chi connectivity index (χ0n) is 6.65. The van der Waals surface area contributed by atoms with Crippen LogP contribution in [-0.4, -0.2) is 6.54 Å². The molecule has 0 bridgehead atoms. The molecule has 0 rings (SSSR count). The summed E-state index contributed by atoms with van der Waals surface area (Å²) in [6, 6.07) is 0. The summed E-state index contributed by atoms with van der Waals surface area (Å²) in [7, 11) is 0. The molecule has 0 aromatic heterocycles. The van der Waals surface area contributed by atoms with Crippen LogP contribution < -0.4 is 5.32 Å². The Morgan fingerprint density at radius 1 is 1.44 bits per heavy atom. The first-order valence-electron chi connectivity index (χ1n) is 3.65. The first kappa shape index (κ1) is 8.54. The van der Waals surface area contributed by atoms with E-state index in [-0.39, 0.29) is 0 Å². The molecular formula is C8H17N. The maximum atomic E-state index is 3.12. The Hall–Kier alpha value is -0.460. The minimum absolute atomic E-state index is 0.778. The zero-order valence-corrected chi connectivity index (χ0v) is 6.65. The van der Waals surface area contributed by atoms with Crippen LogP contribution in [0.4, 0.5) is 0 Å². The molecule has 0 heterocycles. The smallest absolute Gasteiger partial charge is 0.0112 e. The van der Waals surface area contributed by atoms with Crippen LogP contribution in [0, 0.1) is 5.92 Å². The van der Waals surface area contributed by atoms with E-state index in [0.717, 1.165) is 12.5 Å². The van der Waals surface area contributed by atoms with Gasteiger partial charge >= 0.3 is 0 Å². The van der Waals surface area contributed by atoms with Crippen LogP contribution in [-0.2, 0) is 0 Å². The fourth-order valence-corrected chi connectivity index (χ4v) is 0.541. The van der Waals surface area contributed by atoms with Gasteiger partial charge in [0, 0.05) is 6.54 Å². The molecule has 0 spiro atoms. The van der Waals surface area contributed by atoms with E-state index < -0.39 is 0 Å². The fourth-order valence-electron chi connectivity index (χ4n) is 0.541. The Bertz CT molecular complexity index is 74.6. The first-order valence-corrected chi connectivity index (χ1v) is 3.65. The lowest BCUT2D eigenvalue weighted by atomic mass is 10.1. The second-order valence-electron chi connectivity index (χ2n) is 2.59. The van der Waals surface area contributed by atoms with E-state index in [1.54, 1.807) is 0 Å². The standard InChI is InChI=1S/C8H17N/c1-4-9-7-5-6-8(2)3/h5,7-9H,4,6H2,1-3H3/b7-5-. The van der Waals surface area contributed by atoms with E-state index in [1.807, 2.05) is 6.20 Å². The summed E-state index contributed by atoms with van der Waals surface area (Å²) in [5.74, 6) is 0.778. The van der Waals surface area contributed by atoms with Gasteiger partial charge in [0.05, 0.1) is 0 Å². The van der Waals surface area contributed by atoms with Crippen molar-refractivity contribution in [2.24, 2.45) is 5.92 Å². The van der Waals surface area contributed by atoms with Gasteiger partial charge in [0.15, 0.2) is 0 Å². The minimum atomic E-state index is 0.778. The van der Waals surface area contributed by atoms with Crippen molar-refractivity contribution in [2.45, 2.75) is 27.2 Å². The molecule has 1 N–H and O–H groups in total. The Labute approximate surface area is 58.2 Å². The monoisotopic (exact) mass is 127 g/mol. The maximum absolute atomic E-state index is 3.12. The number of hydrogen-bond acceptors (Lipinski definition) is 1. The molecule has 0 fully saturated rings. The molecule has 0 aromatic carbocycles. The predicted molar refractivity (Wildman–Crippen MR) is 42.3 cm³/mol. The van der Waals surface area contributed by atoms with Crippen molar-refractivity contribution in [1.82, 2.24) is 5.32 Å². The summed E-state index contributed by atoms with van der Waals surface area (Å²) in [6.45, 7) is 7.56. The van der Waals surface area contributed by atoms with Gasteiger partial charge < -0.3 is 5.32 Å². The number of allylic oxidation sites excluding steroid dienone is 1. The molecule has 0 saturated carbocycles.